The standard InChI is InChI=1S/C22H22Cl2N6O3/c1-11-8-18-15(10-29(11)21(31)14-4-5-16(23)17(24)9-14)19-22(32)28(6-7-30(19)27-18)12(2)20-26-25-13(3)33-20/h4-5,9,11-12H,6-8,10H2,1-3H3/t11-,12?/m1/s1. The van der Waals surface area contributed by atoms with Gasteiger partial charge in [0.15, 0.2) is 0 Å². The van der Waals surface area contributed by atoms with Gasteiger partial charge in [-0.3, -0.25) is 14.3 Å². The predicted octanol–water partition coefficient (Wildman–Crippen LogP) is 3.69. The number of fused-ring (bicyclic) bond motifs is 3. The molecule has 1 aromatic carbocycles. The molecular weight excluding hydrogens is 467 g/mol. The Bertz CT molecular complexity index is 1270. The van der Waals surface area contributed by atoms with Gasteiger partial charge >= 0.3 is 0 Å². The Balaban J connectivity index is 1.45. The Morgan fingerprint density at radius 3 is 2.70 bits per heavy atom. The summed E-state index contributed by atoms with van der Waals surface area (Å²) in [7, 11) is 0. The van der Waals surface area contributed by atoms with Crippen molar-refractivity contribution in [3.05, 3.63) is 62.5 Å². The van der Waals surface area contributed by atoms with Crippen LogP contribution in [0.1, 0.15) is 63.8 Å². The molecule has 9 nitrogen and oxygen atoms in total. The largest absolute Gasteiger partial charge is 0.423 e. The third-order valence-electron chi connectivity index (χ3n) is 6.29. The number of aryl methyl sites for hydroxylation is 1. The molecule has 0 fully saturated rings. The fourth-order valence-electron chi connectivity index (χ4n) is 4.49. The lowest BCUT2D eigenvalue weighted by Crippen LogP contribution is -2.44. The van der Waals surface area contributed by atoms with Crippen LogP contribution in [0.5, 0.6) is 0 Å². The second kappa shape index (κ2) is 8.14. The van der Waals surface area contributed by atoms with Crippen LogP contribution in [-0.4, -0.2) is 54.2 Å². The molecular formula is C22H22Cl2N6O3. The Kier molecular flexibility index (Phi) is 5.41. The van der Waals surface area contributed by atoms with Gasteiger partial charge < -0.3 is 14.2 Å². The van der Waals surface area contributed by atoms with Crippen molar-refractivity contribution in [1.29, 1.82) is 0 Å². The molecule has 0 saturated heterocycles. The first kappa shape index (κ1) is 21.9. The summed E-state index contributed by atoms with van der Waals surface area (Å²) in [5, 5.41) is 13.4. The van der Waals surface area contributed by atoms with Gasteiger partial charge in [0.25, 0.3) is 11.8 Å². The molecule has 2 atom stereocenters. The minimum atomic E-state index is -0.366. The van der Waals surface area contributed by atoms with E-state index in [0.717, 1.165) is 11.3 Å². The molecule has 3 aromatic rings. The number of carbonyl (C=O) groups excluding carboxylic acids is 2. The molecule has 0 spiro atoms. The number of hydrogen-bond donors (Lipinski definition) is 0. The van der Waals surface area contributed by atoms with E-state index in [4.69, 9.17) is 32.7 Å². The molecule has 2 amide bonds. The highest BCUT2D eigenvalue weighted by atomic mass is 35.5. The van der Waals surface area contributed by atoms with Gasteiger partial charge in [-0.25, -0.2) is 0 Å². The van der Waals surface area contributed by atoms with Crippen LogP contribution >= 0.6 is 23.2 Å². The third-order valence-corrected chi connectivity index (χ3v) is 7.03. The number of carbonyl (C=O) groups is 2. The Labute approximate surface area is 200 Å². The maximum Gasteiger partial charge on any atom is 0.273 e. The van der Waals surface area contributed by atoms with E-state index in [1.54, 1.807) is 39.6 Å². The van der Waals surface area contributed by atoms with Gasteiger partial charge in [-0.2, -0.15) is 5.10 Å². The average Bonchev–Trinajstić information content (AvgIpc) is 3.37. The molecule has 0 N–H and O–H groups in total. The minimum absolute atomic E-state index is 0.0806. The lowest BCUT2D eigenvalue weighted by atomic mass is 9.97. The second-order valence-corrected chi connectivity index (χ2v) is 9.26. The third kappa shape index (κ3) is 3.69. The summed E-state index contributed by atoms with van der Waals surface area (Å²) >= 11 is 12.1. The smallest absolute Gasteiger partial charge is 0.273 e. The van der Waals surface area contributed by atoms with Crippen molar-refractivity contribution in [2.24, 2.45) is 0 Å². The lowest BCUT2D eigenvalue weighted by Gasteiger charge is -2.34. The first-order valence-electron chi connectivity index (χ1n) is 10.7. The van der Waals surface area contributed by atoms with Crippen molar-refractivity contribution in [3.8, 4) is 0 Å². The number of hydrogen-bond acceptors (Lipinski definition) is 6. The van der Waals surface area contributed by atoms with Crippen LogP contribution in [0, 0.1) is 6.92 Å². The van der Waals surface area contributed by atoms with E-state index in [2.05, 4.69) is 10.2 Å². The number of benzene rings is 1. The summed E-state index contributed by atoms with van der Waals surface area (Å²) in [6.45, 7) is 6.89. The number of amides is 2. The van der Waals surface area contributed by atoms with Crippen molar-refractivity contribution in [2.75, 3.05) is 6.54 Å². The zero-order valence-electron chi connectivity index (χ0n) is 18.4. The van der Waals surface area contributed by atoms with E-state index in [9.17, 15) is 9.59 Å². The van der Waals surface area contributed by atoms with E-state index < -0.39 is 0 Å². The van der Waals surface area contributed by atoms with Gasteiger partial charge in [-0.1, -0.05) is 23.2 Å². The number of aromatic nitrogens is 4. The fraction of sp³-hybridized carbons (Fsp3) is 0.409. The van der Waals surface area contributed by atoms with Crippen molar-refractivity contribution < 1.29 is 14.0 Å². The molecule has 2 aromatic heterocycles. The second-order valence-electron chi connectivity index (χ2n) is 8.45. The monoisotopic (exact) mass is 488 g/mol. The summed E-state index contributed by atoms with van der Waals surface area (Å²) < 4.78 is 7.31. The summed E-state index contributed by atoms with van der Waals surface area (Å²) in [4.78, 5) is 30.3. The van der Waals surface area contributed by atoms with Gasteiger partial charge in [0.1, 0.15) is 11.7 Å². The highest BCUT2D eigenvalue weighted by Crippen LogP contribution is 2.32. The highest BCUT2D eigenvalue weighted by Gasteiger charge is 2.39. The quantitative estimate of drug-likeness (QED) is 0.557. The van der Waals surface area contributed by atoms with Crippen molar-refractivity contribution in [3.63, 3.8) is 0 Å². The summed E-state index contributed by atoms with van der Waals surface area (Å²) in [6, 6.07) is 4.40. The molecule has 2 aliphatic rings. The van der Waals surface area contributed by atoms with Crippen molar-refractivity contribution >= 4 is 35.0 Å². The van der Waals surface area contributed by atoms with Crippen LogP contribution in [0.4, 0.5) is 0 Å². The predicted molar refractivity (Wildman–Crippen MR) is 120 cm³/mol. The molecule has 33 heavy (non-hydrogen) atoms. The number of rotatable bonds is 3. The van der Waals surface area contributed by atoms with Crippen molar-refractivity contribution in [1.82, 2.24) is 29.8 Å². The highest BCUT2D eigenvalue weighted by molar-refractivity contribution is 6.42. The van der Waals surface area contributed by atoms with Gasteiger partial charge in [-0.15, -0.1) is 10.2 Å². The van der Waals surface area contributed by atoms with Crippen LogP contribution in [0.2, 0.25) is 10.0 Å². The zero-order valence-corrected chi connectivity index (χ0v) is 19.9. The van der Waals surface area contributed by atoms with Gasteiger partial charge in [0.2, 0.25) is 11.8 Å². The molecule has 0 bridgehead atoms. The maximum absolute atomic E-state index is 13.5. The van der Waals surface area contributed by atoms with Crippen LogP contribution in [0.15, 0.2) is 22.6 Å². The first-order valence-corrected chi connectivity index (χ1v) is 11.5. The fourth-order valence-corrected chi connectivity index (χ4v) is 4.78. The van der Waals surface area contributed by atoms with Crippen LogP contribution < -0.4 is 0 Å². The molecule has 1 unspecified atom stereocenters. The van der Waals surface area contributed by atoms with E-state index in [0.29, 0.717) is 59.1 Å². The van der Waals surface area contributed by atoms with Crippen LogP contribution in [0.25, 0.3) is 0 Å². The Morgan fingerprint density at radius 2 is 2.00 bits per heavy atom. The number of nitrogens with zero attached hydrogens (tertiary/aromatic N) is 6. The van der Waals surface area contributed by atoms with E-state index >= 15 is 0 Å². The summed E-state index contributed by atoms with van der Waals surface area (Å²) in [5.74, 6) is 0.526. The molecule has 5 rings (SSSR count). The normalized spacial score (nSPS) is 18.8. The van der Waals surface area contributed by atoms with Gasteiger partial charge in [0.05, 0.1) is 28.8 Å². The van der Waals surface area contributed by atoms with Gasteiger partial charge in [-0.05, 0) is 32.0 Å². The van der Waals surface area contributed by atoms with E-state index in [1.165, 1.54) is 0 Å². The Morgan fingerprint density at radius 1 is 1.21 bits per heavy atom. The van der Waals surface area contributed by atoms with Gasteiger partial charge in [0, 0.05) is 37.1 Å². The van der Waals surface area contributed by atoms with E-state index in [1.807, 2.05) is 13.8 Å². The SMILES string of the molecule is Cc1nnc(C(C)N2CCn3nc4c(c3C2=O)CN(C(=O)c2ccc(Cl)c(Cl)c2)[C@H](C)C4)o1. The summed E-state index contributed by atoms with van der Waals surface area (Å²) in [5.41, 5.74) is 2.60. The first-order chi connectivity index (χ1) is 15.7. The molecule has 11 heteroatoms. The molecule has 0 saturated carbocycles. The lowest BCUT2D eigenvalue weighted by molar-refractivity contribution is 0.0581. The van der Waals surface area contributed by atoms with Crippen LogP contribution in [-0.2, 0) is 19.5 Å². The zero-order chi connectivity index (χ0) is 23.4. The summed E-state index contributed by atoms with van der Waals surface area (Å²) in [6.07, 6.45) is 0.564. The van der Waals surface area contributed by atoms with Crippen LogP contribution in [0.3, 0.4) is 0 Å². The molecule has 0 aliphatic carbocycles. The Hall–Kier alpha value is -2.91. The topological polar surface area (TPSA) is 97.4 Å². The average molecular weight is 489 g/mol. The molecule has 0 radical (unpaired) electrons. The van der Waals surface area contributed by atoms with E-state index in [-0.39, 0.29) is 23.9 Å². The number of halogens is 2. The molecule has 2 aliphatic heterocycles. The van der Waals surface area contributed by atoms with Crippen molar-refractivity contribution in [2.45, 2.75) is 52.4 Å². The maximum atomic E-state index is 13.5. The molecule has 4 heterocycles. The minimum Gasteiger partial charge on any atom is -0.423 e. The molecule has 172 valence electrons.